The lowest BCUT2D eigenvalue weighted by Gasteiger charge is -2.06. The molecule has 0 bridgehead atoms. The van der Waals surface area contributed by atoms with E-state index < -0.39 is 0 Å². The molecule has 0 aliphatic heterocycles. The van der Waals surface area contributed by atoms with Crippen molar-refractivity contribution in [2.24, 2.45) is 11.7 Å². The number of rotatable bonds is 9. The number of benzene rings is 1. The second-order valence-corrected chi connectivity index (χ2v) is 7.70. The van der Waals surface area contributed by atoms with Gasteiger partial charge >= 0.3 is 0 Å². The molecule has 0 spiro atoms. The van der Waals surface area contributed by atoms with Crippen LogP contribution in [0.2, 0.25) is 0 Å². The molecule has 0 saturated carbocycles. The van der Waals surface area contributed by atoms with Crippen LogP contribution in [0.15, 0.2) is 35.7 Å². The Morgan fingerprint density at radius 1 is 1.09 bits per heavy atom. The van der Waals surface area contributed by atoms with E-state index >= 15 is 0 Å². The molecule has 1 unspecified atom stereocenters. The van der Waals surface area contributed by atoms with E-state index in [1.165, 1.54) is 49.9 Å². The molecular weight excluding hydrogens is 418 g/mol. The molecule has 6 heteroatoms. The van der Waals surface area contributed by atoms with Gasteiger partial charge in [0.1, 0.15) is 0 Å². The molecule has 32 heavy (non-hydrogen) atoms. The van der Waals surface area contributed by atoms with E-state index in [9.17, 15) is 4.79 Å². The van der Waals surface area contributed by atoms with Gasteiger partial charge in [0.2, 0.25) is 6.41 Å². The molecule has 2 rings (SSSR count). The number of hydrogen-bond acceptors (Lipinski definition) is 5. The Kier molecular flexibility index (Phi) is 31.8. The van der Waals surface area contributed by atoms with Gasteiger partial charge in [-0.25, -0.2) is 4.98 Å². The van der Waals surface area contributed by atoms with E-state index in [1.54, 1.807) is 14.2 Å². The van der Waals surface area contributed by atoms with Crippen molar-refractivity contribution in [1.29, 1.82) is 0 Å². The van der Waals surface area contributed by atoms with Gasteiger partial charge in [0.05, 0.1) is 5.69 Å². The minimum Gasteiger partial charge on any atom is -0.388 e. The first kappa shape index (κ1) is 34.8. The average molecular weight is 468 g/mol. The van der Waals surface area contributed by atoms with Crippen molar-refractivity contribution < 1.29 is 9.53 Å². The van der Waals surface area contributed by atoms with E-state index in [2.05, 4.69) is 35.8 Å². The quantitative estimate of drug-likeness (QED) is 0.293. The standard InChI is InChI=1S/C10H8N2OS.C10H22.C2H7N.C2H6O.C2H6/c13-7-11-10-12-9(6-14-10)8-4-2-1-3-5-8;1-4-6-7-8-9-10(3)5-2;1-2-3;1-3-2;1-2/h1-7H,(H,11,12,13);10H,4-9H2,1-3H3;2-3H2,1H3;1-2H3;1-2H3. The highest BCUT2D eigenvalue weighted by Crippen LogP contribution is 2.23. The normalized spacial score (nSPS) is 9.78. The Hall–Kier alpha value is -1.76. The Balaban J connectivity index is -0.000000410. The molecule has 5 nitrogen and oxygen atoms in total. The SMILES string of the molecule is CC.CCCCCCC(C)CC.CCN.COC.O=CNc1nc(-c2ccccc2)cs1. The average Bonchev–Trinajstić information content (AvgIpc) is 3.29. The molecule has 0 radical (unpaired) electrons. The number of ether oxygens (including phenoxy) is 1. The van der Waals surface area contributed by atoms with Gasteiger partial charge in [-0.3, -0.25) is 4.79 Å². The van der Waals surface area contributed by atoms with E-state index in [1.807, 2.05) is 56.5 Å². The van der Waals surface area contributed by atoms with Crippen LogP contribution < -0.4 is 11.1 Å². The molecule has 2 aromatic rings. The van der Waals surface area contributed by atoms with Crippen LogP contribution in [0.5, 0.6) is 0 Å². The zero-order chi connectivity index (χ0) is 25.0. The van der Waals surface area contributed by atoms with E-state index in [-0.39, 0.29) is 0 Å². The molecule has 1 atom stereocenters. The van der Waals surface area contributed by atoms with E-state index in [0.29, 0.717) is 11.5 Å². The van der Waals surface area contributed by atoms with Crippen molar-refractivity contribution in [3.05, 3.63) is 35.7 Å². The third-order valence-electron chi connectivity index (χ3n) is 4.00. The van der Waals surface area contributed by atoms with Crippen LogP contribution in [0.4, 0.5) is 5.13 Å². The molecular formula is C26H49N3O2S. The van der Waals surface area contributed by atoms with Crippen LogP contribution in [0.1, 0.15) is 80.1 Å². The fourth-order valence-corrected chi connectivity index (χ4v) is 2.93. The predicted octanol–water partition coefficient (Wildman–Crippen LogP) is 7.64. The molecule has 0 aliphatic carbocycles. The van der Waals surface area contributed by atoms with Crippen molar-refractivity contribution in [3.8, 4) is 11.3 Å². The van der Waals surface area contributed by atoms with Gasteiger partial charge in [0.15, 0.2) is 5.13 Å². The molecule has 1 heterocycles. The lowest BCUT2D eigenvalue weighted by molar-refractivity contribution is -0.105. The first-order chi connectivity index (χ1) is 15.5. The highest BCUT2D eigenvalue weighted by Gasteiger charge is 2.02. The molecule has 0 saturated heterocycles. The summed E-state index contributed by atoms with van der Waals surface area (Å²) in [6.07, 6.45) is 9.11. The summed E-state index contributed by atoms with van der Waals surface area (Å²) in [5.74, 6) is 0.955. The van der Waals surface area contributed by atoms with Gasteiger partial charge < -0.3 is 15.8 Å². The summed E-state index contributed by atoms with van der Waals surface area (Å²) >= 11 is 1.42. The van der Waals surface area contributed by atoms with Gasteiger partial charge in [0.25, 0.3) is 0 Å². The molecule has 3 N–H and O–H groups in total. The van der Waals surface area contributed by atoms with Crippen molar-refractivity contribution in [2.75, 3.05) is 26.1 Å². The number of nitrogens with one attached hydrogen (secondary N) is 1. The first-order valence-electron chi connectivity index (χ1n) is 11.9. The van der Waals surface area contributed by atoms with Crippen molar-refractivity contribution in [3.63, 3.8) is 0 Å². The van der Waals surface area contributed by atoms with Gasteiger partial charge in [-0.05, 0) is 12.5 Å². The van der Waals surface area contributed by atoms with Gasteiger partial charge in [-0.1, -0.05) is 110 Å². The number of hydrogen-bond donors (Lipinski definition) is 2. The van der Waals surface area contributed by atoms with E-state index in [0.717, 1.165) is 23.7 Å². The number of carbonyl (C=O) groups is 1. The van der Waals surface area contributed by atoms with Crippen LogP contribution >= 0.6 is 11.3 Å². The Labute approximate surface area is 202 Å². The summed E-state index contributed by atoms with van der Waals surface area (Å²) in [4.78, 5) is 14.4. The fourth-order valence-electron chi connectivity index (χ4n) is 2.26. The lowest BCUT2D eigenvalue weighted by Crippen LogP contribution is -1.91. The van der Waals surface area contributed by atoms with Crippen molar-refractivity contribution in [2.45, 2.75) is 80.1 Å². The largest absolute Gasteiger partial charge is 0.388 e. The van der Waals surface area contributed by atoms with Crippen molar-refractivity contribution in [1.82, 2.24) is 4.98 Å². The number of unbranched alkanes of at least 4 members (excludes halogenated alkanes) is 3. The topological polar surface area (TPSA) is 77.2 Å². The minimum atomic E-state index is 0.624. The maximum absolute atomic E-state index is 10.2. The summed E-state index contributed by atoms with van der Waals surface area (Å²) in [5, 5.41) is 5.07. The predicted molar refractivity (Wildman–Crippen MR) is 144 cm³/mol. The smallest absolute Gasteiger partial charge is 0.213 e. The number of aromatic nitrogens is 1. The van der Waals surface area contributed by atoms with E-state index in [4.69, 9.17) is 5.73 Å². The zero-order valence-corrected chi connectivity index (χ0v) is 22.6. The molecule has 0 fully saturated rings. The molecule has 1 aromatic heterocycles. The Morgan fingerprint density at radius 3 is 2.12 bits per heavy atom. The number of nitrogens with two attached hydrogens (primary N) is 1. The van der Waals surface area contributed by atoms with Crippen molar-refractivity contribution >= 4 is 22.9 Å². The van der Waals surface area contributed by atoms with Gasteiger partial charge in [-0.15, -0.1) is 11.3 Å². The maximum Gasteiger partial charge on any atom is 0.213 e. The summed E-state index contributed by atoms with van der Waals surface area (Å²) in [6, 6.07) is 9.85. The molecule has 0 aliphatic rings. The first-order valence-corrected chi connectivity index (χ1v) is 12.7. The Bertz CT molecular complexity index is 590. The Morgan fingerprint density at radius 2 is 1.66 bits per heavy atom. The fraction of sp³-hybridized carbons (Fsp3) is 0.615. The molecule has 1 amide bonds. The highest BCUT2D eigenvalue weighted by molar-refractivity contribution is 7.14. The summed E-state index contributed by atoms with van der Waals surface area (Å²) < 4.78 is 4.25. The molecule has 1 aromatic carbocycles. The van der Waals surface area contributed by atoms with Crippen LogP contribution in [-0.4, -0.2) is 32.2 Å². The number of carbonyl (C=O) groups excluding carboxylic acids is 1. The number of nitrogens with zero attached hydrogens (tertiary/aromatic N) is 1. The van der Waals surface area contributed by atoms with Crippen LogP contribution in [0, 0.1) is 5.92 Å². The van der Waals surface area contributed by atoms with Crippen LogP contribution in [0.3, 0.4) is 0 Å². The number of thiazole rings is 1. The highest BCUT2D eigenvalue weighted by atomic mass is 32.1. The second kappa shape index (κ2) is 29.2. The molecule has 186 valence electrons. The number of amides is 1. The second-order valence-electron chi connectivity index (χ2n) is 6.85. The maximum atomic E-state index is 10.2. The lowest BCUT2D eigenvalue weighted by atomic mass is 10.0. The third-order valence-corrected chi connectivity index (χ3v) is 4.78. The van der Waals surface area contributed by atoms with Crippen LogP contribution in [0.25, 0.3) is 11.3 Å². The number of methoxy groups -OCH3 is 1. The number of anilines is 1. The monoisotopic (exact) mass is 467 g/mol. The van der Waals surface area contributed by atoms with Crippen LogP contribution in [-0.2, 0) is 9.53 Å². The minimum absolute atomic E-state index is 0.624. The zero-order valence-electron chi connectivity index (χ0n) is 21.8. The third kappa shape index (κ3) is 22.9. The summed E-state index contributed by atoms with van der Waals surface area (Å²) in [5.41, 5.74) is 6.79. The van der Waals surface area contributed by atoms with Gasteiger partial charge in [0, 0.05) is 25.2 Å². The summed E-state index contributed by atoms with van der Waals surface area (Å²) in [6.45, 7) is 13.6. The van der Waals surface area contributed by atoms with Gasteiger partial charge in [-0.2, -0.15) is 0 Å². The summed E-state index contributed by atoms with van der Waals surface area (Å²) in [7, 11) is 3.25.